The molecule has 2 aromatic rings. The van der Waals surface area contributed by atoms with Crippen molar-refractivity contribution in [3.63, 3.8) is 0 Å². The van der Waals surface area contributed by atoms with Gasteiger partial charge in [-0.3, -0.25) is 4.90 Å². The van der Waals surface area contributed by atoms with Crippen LogP contribution in [0.2, 0.25) is 0 Å². The number of benzene rings is 2. The number of nitrogens with one attached hydrogen (secondary N) is 1. The van der Waals surface area contributed by atoms with Crippen LogP contribution in [-0.2, 0) is 16.4 Å². The van der Waals surface area contributed by atoms with Crippen molar-refractivity contribution in [2.75, 3.05) is 39.1 Å². The second kappa shape index (κ2) is 10.6. The van der Waals surface area contributed by atoms with E-state index in [9.17, 15) is 8.42 Å². The zero-order chi connectivity index (χ0) is 20.5. The monoisotopic (exact) mass is 418 g/mol. The Hall–Kier alpha value is -2.09. The molecule has 0 spiro atoms. The molecule has 0 bridgehead atoms. The Morgan fingerprint density at radius 1 is 0.931 bits per heavy atom. The van der Waals surface area contributed by atoms with Gasteiger partial charge in [-0.2, -0.15) is 0 Å². The Kier molecular flexibility index (Phi) is 7.91. The van der Waals surface area contributed by atoms with Crippen LogP contribution < -0.4 is 14.2 Å². The van der Waals surface area contributed by atoms with Gasteiger partial charge in [-0.05, 0) is 55.8 Å². The Morgan fingerprint density at radius 3 is 2.10 bits per heavy atom. The van der Waals surface area contributed by atoms with Gasteiger partial charge in [0.15, 0.2) is 0 Å². The maximum absolute atomic E-state index is 11.3. The highest BCUT2D eigenvalue weighted by molar-refractivity contribution is 7.88. The topological polar surface area (TPSA) is 67.9 Å². The maximum atomic E-state index is 11.3. The van der Waals surface area contributed by atoms with E-state index < -0.39 is 10.0 Å². The predicted octanol–water partition coefficient (Wildman–Crippen LogP) is 2.70. The number of likely N-dealkylation sites (tertiary alicyclic amines) is 1. The molecular weight excluding hydrogens is 388 g/mol. The molecule has 0 amide bonds. The van der Waals surface area contributed by atoms with Gasteiger partial charge in [0.05, 0.1) is 12.9 Å². The SMILES string of the molecule is CS(=O)(=O)NC1CCN(CCOc2ccc(OCCc3ccccc3)cc2)CC1. The summed E-state index contributed by atoms with van der Waals surface area (Å²) in [6.07, 6.45) is 3.77. The molecule has 0 unspecified atom stereocenters. The highest BCUT2D eigenvalue weighted by Crippen LogP contribution is 2.18. The average molecular weight is 419 g/mol. The van der Waals surface area contributed by atoms with Gasteiger partial charge >= 0.3 is 0 Å². The lowest BCUT2D eigenvalue weighted by atomic mass is 10.1. The zero-order valence-electron chi connectivity index (χ0n) is 16.9. The molecule has 3 rings (SSSR count). The Balaban J connectivity index is 1.31. The van der Waals surface area contributed by atoms with Crippen LogP contribution in [0, 0.1) is 0 Å². The number of sulfonamides is 1. The van der Waals surface area contributed by atoms with E-state index in [1.807, 2.05) is 42.5 Å². The van der Waals surface area contributed by atoms with E-state index in [1.54, 1.807) is 0 Å². The number of piperidine rings is 1. The quantitative estimate of drug-likeness (QED) is 0.643. The average Bonchev–Trinajstić information content (AvgIpc) is 2.70. The Labute approximate surface area is 173 Å². The highest BCUT2D eigenvalue weighted by Gasteiger charge is 2.21. The standard InChI is InChI=1S/C22H30N2O4S/c1-29(25,26)23-20-11-14-24(15-12-20)16-18-28-22-9-7-21(8-10-22)27-17-13-19-5-3-2-4-6-19/h2-10,20,23H,11-18H2,1H3. The molecule has 0 aromatic heterocycles. The molecule has 0 aliphatic carbocycles. The third-order valence-corrected chi connectivity index (χ3v) is 5.73. The smallest absolute Gasteiger partial charge is 0.208 e. The lowest BCUT2D eigenvalue weighted by Gasteiger charge is -2.31. The van der Waals surface area contributed by atoms with Crippen molar-refractivity contribution in [3.05, 3.63) is 60.2 Å². The molecule has 29 heavy (non-hydrogen) atoms. The van der Waals surface area contributed by atoms with Gasteiger partial charge in [0, 0.05) is 19.0 Å². The van der Waals surface area contributed by atoms with Crippen LogP contribution in [0.15, 0.2) is 54.6 Å². The Morgan fingerprint density at radius 2 is 1.52 bits per heavy atom. The van der Waals surface area contributed by atoms with Crippen LogP contribution in [0.1, 0.15) is 18.4 Å². The highest BCUT2D eigenvalue weighted by atomic mass is 32.2. The van der Waals surface area contributed by atoms with Crippen LogP contribution in [-0.4, -0.2) is 58.5 Å². The molecule has 1 aliphatic rings. The second-order valence-electron chi connectivity index (χ2n) is 7.41. The van der Waals surface area contributed by atoms with Gasteiger partial charge in [-0.15, -0.1) is 0 Å². The van der Waals surface area contributed by atoms with E-state index in [4.69, 9.17) is 9.47 Å². The summed E-state index contributed by atoms with van der Waals surface area (Å²) in [6, 6.07) is 18.1. The van der Waals surface area contributed by atoms with Gasteiger partial charge < -0.3 is 9.47 Å². The van der Waals surface area contributed by atoms with Crippen LogP contribution in [0.4, 0.5) is 0 Å². The summed E-state index contributed by atoms with van der Waals surface area (Å²) in [5.74, 6) is 1.67. The van der Waals surface area contributed by atoms with Crippen molar-refractivity contribution in [3.8, 4) is 11.5 Å². The van der Waals surface area contributed by atoms with Gasteiger partial charge in [-0.25, -0.2) is 13.1 Å². The molecule has 1 aliphatic heterocycles. The molecule has 0 radical (unpaired) electrons. The van der Waals surface area contributed by atoms with Crippen molar-refractivity contribution >= 4 is 10.0 Å². The van der Waals surface area contributed by atoms with E-state index >= 15 is 0 Å². The van der Waals surface area contributed by atoms with Crippen LogP contribution in [0.25, 0.3) is 0 Å². The van der Waals surface area contributed by atoms with E-state index in [0.717, 1.165) is 50.4 Å². The number of hydrogen-bond acceptors (Lipinski definition) is 5. The number of hydrogen-bond donors (Lipinski definition) is 1. The molecule has 7 heteroatoms. The minimum absolute atomic E-state index is 0.0524. The van der Waals surface area contributed by atoms with E-state index in [0.29, 0.717) is 13.2 Å². The normalized spacial score (nSPS) is 15.9. The summed E-state index contributed by atoms with van der Waals surface area (Å²) in [6.45, 7) is 3.85. The van der Waals surface area contributed by atoms with Crippen LogP contribution in [0.5, 0.6) is 11.5 Å². The van der Waals surface area contributed by atoms with E-state index in [1.165, 1.54) is 11.8 Å². The van der Waals surface area contributed by atoms with Crippen molar-refractivity contribution in [2.24, 2.45) is 0 Å². The van der Waals surface area contributed by atoms with Gasteiger partial charge in [0.25, 0.3) is 0 Å². The Bertz CT molecular complexity index is 833. The van der Waals surface area contributed by atoms with E-state index in [2.05, 4.69) is 21.8 Å². The summed E-state index contributed by atoms with van der Waals surface area (Å²) in [5, 5.41) is 0. The molecule has 0 atom stereocenters. The number of rotatable bonds is 10. The third kappa shape index (κ3) is 8.04. The fourth-order valence-corrected chi connectivity index (χ4v) is 4.27. The lowest BCUT2D eigenvalue weighted by Crippen LogP contribution is -2.45. The molecule has 0 saturated carbocycles. The van der Waals surface area contributed by atoms with Crippen molar-refractivity contribution in [1.82, 2.24) is 9.62 Å². The molecule has 158 valence electrons. The fraction of sp³-hybridized carbons (Fsp3) is 0.455. The molecule has 1 heterocycles. The predicted molar refractivity (Wildman–Crippen MR) is 115 cm³/mol. The van der Waals surface area contributed by atoms with Crippen molar-refractivity contribution < 1.29 is 17.9 Å². The molecule has 1 N–H and O–H groups in total. The largest absolute Gasteiger partial charge is 0.493 e. The van der Waals surface area contributed by atoms with Crippen molar-refractivity contribution in [1.29, 1.82) is 0 Å². The number of nitrogens with zero attached hydrogens (tertiary/aromatic N) is 1. The first-order valence-corrected chi connectivity index (χ1v) is 12.0. The van der Waals surface area contributed by atoms with Gasteiger partial charge in [-0.1, -0.05) is 30.3 Å². The molecule has 1 saturated heterocycles. The lowest BCUT2D eigenvalue weighted by molar-refractivity contribution is 0.170. The first-order chi connectivity index (χ1) is 14.0. The first kappa shape index (κ1) is 21.6. The zero-order valence-corrected chi connectivity index (χ0v) is 17.7. The summed E-state index contributed by atoms with van der Waals surface area (Å²) in [5.41, 5.74) is 1.27. The summed E-state index contributed by atoms with van der Waals surface area (Å²) in [7, 11) is -3.12. The summed E-state index contributed by atoms with van der Waals surface area (Å²) >= 11 is 0. The molecular formula is C22H30N2O4S. The molecule has 2 aromatic carbocycles. The minimum Gasteiger partial charge on any atom is -0.493 e. The molecule has 6 nitrogen and oxygen atoms in total. The van der Waals surface area contributed by atoms with Gasteiger partial charge in [0.1, 0.15) is 18.1 Å². The third-order valence-electron chi connectivity index (χ3n) is 4.97. The summed E-state index contributed by atoms with van der Waals surface area (Å²) < 4.78 is 36.9. The second-order valence-corrected chi connectivity index (χ2v) is 9.19. The van der Waals surface area contributed by atoms with E-state index in [-0.39, 0.29) is 6.04 Å². The van der Waals surface area contributed by atoms with Crippen LogP contribution in [0.3, 0.4) is 0 Å². The van der Waals surface area contributed by atoms with Crippen LogP contribution >= 0.6 is 0 Å². The maximum Gasteiger partial charge on any atom is 0.208 e. The fourth-order valence-electron chi connectivity index (χ4n) is 3.43. The van der Waals surface area contributed by atoms with Gasteiger partial charge in [0.2, 0.25) is 10.0 Å². The number of ether oxygens (including phenoxy) is 2. The summed E-state index contributed by atoms with van der Waals surface area (Å²) in [4.78, 5) is 2.31. The minimum atomic E-state index is -3.12. The first-order valence-electron chi connectivity index (χ1n) is 10.1. The molecule has 1 fully saturated rings. The van der Waals surface area contributed by atoms with Crippen molar-refractivity contribution in [2.45, 2.75) is 25.3 Å².